The van der Waals surface area contributed by atoms with Crippen LogP contribution in [0.25, 0.3) is 10.9 Å². The van der Waals surface area contributed by atoms with Crippen molar-refractivity contribution in [2.24, 2.45) is 0 Å². The Morgan fingerprint density at radius 2 is 2.00 bits per heavy atom. The Kier molecular flexibility index (Phi) is 4.95. The maximum Gasteiger partial charge on any atom is 0.242 e. The summed E-state index contributed by atoms with van der Waals surface area (Å²) >= 11 is 0. The lowest BCUT2D eigenvalue weighted by Crippen LogP contribution is -2.52. The molecule has 1 saturated carbocycles. The van der Waals surface area contributed by atoms with E-state index in [1.54, 1.807) is 24.1 Å². The van der Waals surface area contributed by atoms with Crippen molar-refractivity contribution >= 4 is 16.8 Å². The number of aliphatic hydroxyl groups excluding tert-OH is 2. The van der Waals surface area contributed by atoms with Crippen molar-refractivity contribution in [1.29, 1.82) is 0 Å². The van der Waals surface area contributed by atoms with Gasteiger partial charge >= 0.3 is 0 Å². The molecule has 6 heteroatoms. The fourth-order valence-electron chi connectivity index (χ4n) is 4.78. The third-order valence-electron chi connectivity index (χ3n) is 6.31. The molecular formula is C21H27FN2O3. The average Bonchev–Trinajstić information content (AvgIpc) is 2.97. The molecule has 5 nitrogen and oxygen atoms in total. The van der Waals surface area contributed by atoms with Gasteiger partial charge in [-0.2, -0.15) is 0 Å². The standard InChI is InChI=1S/C21H27FN2O3/c1-23(18-7-4-8-19(25)21(18)27)20(26)12-24-16-6-3-2-5-14(16)15-11-13(22)9-10-17(15)24/h9-11,18-19,21,25,27H,2-8,12H2,1H3/t18-,19-,21-/m1/s1. The zero-order chi connectivity index (χ0) is 19.1. The normalized spacial score (nSPS) is 25.4. The Morgan fingerprint density at radius 1 is 1.22 bits per heavy atom. The topological polar surface area (TPSA) is 65.7 Å². The van der Waals surface area contributed by atoms with Gasteiger partial charge in [0.25, 0.3) is 0 Å². The van der Waals surface area contributed by atoms with Gasteiger partial charge in [-0.1, -0.05) is 0 Å². The highest BCUT2D eigenvalue weighted by Gasteiger charge is 2.35. The molecule has 1 fully saturated rings. The van der Waals surface area contributed by atoms with Gasteiger partial charge < -0.3 is 19.7 Å². The summed E-state index contributed by atoms with van der Waals surface area (Å²) in [6, 6.07) is 4.41. The second-order valence-corrected chi connectivity index (χ2v) is 7.94. The summed E-state index contributed by atoms with van der Waals surface area (Å²) in [6.07, 6.45) is 4.34. The Labute approximate surface area is 158 Å². The van der Waals surface area contributed by atoms with Crippen LogP contribution in [0.2, 0.25) is 0 Å². The first-order valence-electron chi connectivity index (χ1n) is 9.88. The summed E-state index contributed by atoms with van der Waals surface area (Å²) in [5.74, 6) is -0.349. The lowest BCUT2D eigenvalue weighted by molar-refractivity contribution is -0.139. The van der Waals surface area contributed by atoms with E-state index in [2.05, 4.69) is 0 Å². The smallest absolute Gasteiger partial charge is 0.242 e. The monoisotopic (exact) mass is 374 g/mol. The predicted octanol–water partition coefficient (Wildman–Crippen LogP) is 2.39. The molecule has 2 aliphatic rings. The summed E-state index contributed by atoms with van der Waals surface area (Å²) in [4.78, 5) is 14.6. The molecule has 0 spiro atoms. The largest absolute Gasteiger partial charge is 0.390 e. The van der Waals surface area contributed by atoms with E-state index in [-0.39, 0.29) is 24.3 Å². The van der Waals surface area contributed by atoms with Gasteiger partial charge in [0.2, 0.25) is 5.91 Å². The van der Waals surface area contributed by atoms with Crippen molar-refractivity contribution in [3.63, 3.8) is 0 Å². The second-order valence-electron chi connectivity index (χ2n) is 7.94. The Morgan fingerprint density at radius 3 is 2.81 bits per heavy atom. The number of aryl methyl sites for hydroxylation is 1. The number of benzene rings is 1. The van der Waals surface area contributed by atoms with E-state index in [9.17, 15) is 19.4 Å². The van der Waals surface area contributed by atoms with E-state index in [1.807, 2.05) is 4.57 Å². The molecule has 146 valence electrons. The summed E-state index contributed by atoms with van der Waals surface area (Å²) < 4.78 is 15.8. The summed E-state index contributed by atoms with van der Waals surface area (Å²) in [6.45, 7) is 0.174. The van der Waals surface area contributed by atoms with Crippen LogP contribution in [0.1, 0.15) is 43.4 Å². The molecule has 0 unspecified atom stereocenters. The SMILES string of the molecule is CN(C(=O)Cn1c2c(c3cc(F)ccc31)CCCC2)[C@@H]1CCC[C@@H](O)[C@@H]1O. The molecule has 0 aliphatic heterocycles. The molecule has 0 saturated heterocycles. The fourth-order valence-corrected chi connectivity index (χ4v) is 4.78. The first kappa shape index (κ1) is 18.4. The minimum atomic E-state index is -0.905. The summed E-state index contributed by atoms with van der Waals surface area (Å²) in [7, 11) is 1.70. The number of carbonyl (C=O) groups excluding carboxylic acids is 1. The Hall–Kier alpha value is -1.92. The zero-order valence-electron chi connectivity index (χ0n) is 15.7. The quantitative estimate of drug-likeness (QED) is 0.867. The van der Waals surface area contributed by atoms with Crippen LogP contribution < -0.4 is 0 Å². The zero-order valence-corrected chi connectivity index (χ0v) is 15.7. The van der Waals surface area contributed by atoms with Gasteiger partial charge in [0.15, 0.2) is 0 Å². The highest BCUT2D eigenvalue weighted by atomic mass is 19.1. The highest BCUT2D eigenvalue weighted by Crippen LogP contribution is 2.33. The number of likely N-dealkylation sites (N-methyl/N-ethyl adjacent to an activating group) is 1. The van der Waals surface area contributed by atoms with Crippen molar-refractivity contribution in [2.75, 3.05) is 7.05 Å². The number of rotatable bonds is 3. The third kappa shape index (κ3) is 3.25. The number of carbonyl (C=O) groups is 1. The molecule has 1 amide bonds. The Bertz CT molecular complexity index is 863. The minimum Gasteiger partial charge on any atom is -0.390 e. The van der Waals surface area contributed by atoms with Crippen LogP contribution in [0.3, 0.4) is 0 Å². The lowest BCUT2D eigenvalue weighted by Gasteiger charge is -2.38. The van der Waals surface area contributed by atoms with Crippen molar-refractivity contribution in [1.82, 2.24) is 9.47 Å². The number of aromatic nitrogens is 1. The first-order chi connectivity index (χ1) is 13.0. The number of fused-ring (bicyclic) bond motifs is 3. The minimum absolute atomic E-state index is 0.0947. The van der Waals surface area contributed by atoms with Crippen LogP contribution in [0.5, 0.6) is 0 Å². The molecule has 2 aromatic rings. The molecule has 2 aliphatic carbocycles. The van der Waals surface area contributed by atoms with Crippen molar-refractivity contribution in [2.45, 2.75) is 69.7 Å². The van der Waals surface area contributed by atoms with Gasteiger partial charge in [0.1, 0.15) is 18.5 Å². The second kappa shape index (κ2) is 7.24. The van der Waals surface area contributed by atoms with Gasteiger partial charge in [-0.3, -0.25) is 4.79 Å². The van der Waals surface area contributed by atoms with Gasteiger partial charge in [0, 0.05) is 23.6 Å². The Balaban J connectivity index is 1.64. The first-order valence-corrected chi connectivity index (χ1v) is 9.88. The molecule has 1 aromatic heterocycles. The predicted molar refractivity (Wildman–Crippen MR) is 101 cm³/mol. The fraction of sp³-hybridized carbons (Fsp3) is 0.571. The van der Waals surface area contributed by atoms with E-state index >= 15 is 0 Å². The molecule has 3 atom stereocenters. The molecule has 2 N–H and O–H groups in total. The van der Waals surface area contributed by atoms with Crippen LogP contribution >= 0.6 is 0 Å². The molecule has 1 heterocycles. The lowest BCUT2D eigenvalue weighted by atomic mass is 9.89. The van der Waals surface area contributed by atoms with E-state index in [0.717, 1.165) is 48.7 Å². The van der Waals surface area contributed by atoms with Gasteiger partial charge in [0.05, 0.1) is 12.1 Å². The molecule has 0 bridgehead atoms. The van der Waals surface area contributed by atoms with Gasteiger partial charge in [-0.25, -0.2) is 4.39 Å². The molecule has 4 rings (SSSR count). The van der Waals surface area contributed by atoms with Crippen molar-refractivity contribution < 1.29 is 19.4 Å². The number of hydrogen-bond donors (Lipinski definition) is 2. The number of nitrogens with zero attached hydrogens (tertiary/aromatic N) is 2. The van der Waals surface area contributed by atoms with Gasteiger partial charge in [-0.15, -0.1) is 0 Å². The van der Waals surface area contributed by atoms with Crippen LogP contribution in [-0.2, 0) is 24.2 Å². The van der Waals surface area contributed by atoms with E-state index < -0.39 is 12.2 Å². The molecular weight excluding hydrogens is 347 g/mol. The molecule has 27 heavy (non-hydrogen) atoms. The number of amides is 1. The van der Waals surface area contributed by atoms with Crippen molar-refractivity contribution in [3.8, 4) is 0 Å². The highest BCUT2D eigenvalue weighted by molar-refractivity contribution is 5.88. The maximum absolute atomic E-state index is 13.8. The van der Waals surface area contributed by atoms with Gasteiger partial charge in [-0.05, 0) is 68.7 Å². The van der Waals surface area contributed by atoms with Crippen molar-refractivity contribution in [3.05, 3.63) is 35.3 Å². The maximum atomic E-state index is 13.8. The van der Waals surface area contributed by atoms with Crippen LogP contribution in [0.4, 0.5) is 4.39 Å². The summed E-state index contributed by atoms with van der Waals surface area (Å²) in [5.41, 5.74) is 3.20. The molecule has 0 radical (unpaired) electrons. The average molecular weight is 374 g/mol. The molecule has 1 aromatic carbocycles. The van der Waals surface area contributed by atoms with Crippen LogP contribution in [0.15, 0.2) is 18.2 Å². The van der Waals surface area contributed by atoms with E-state index in [1.165, 1.54) is 11.6 Å². The third-order valence-corrected chi connectivity index (χ3v) is 6.31. The number of aliphatic hydroxyl groups is 2. The summed E-state index contributed by atoms with van der Waals surface area (Å²) in [5, 5.41) is 21.1. The number of halogens is 1. The van der Waals surface area contributed by atoms with Crippen LogP contribution in [-0.4, -0.2) is 50.9 Å². The van der Waals surface area contributed by atoms with E-state index in [4.69, 9.17) is 0 Å². The van der Waals surface area contributed by atoms with E-state index in [0.29, 0.717) is 12.8 Å². The van der Waals surface area contributed by atoms with Crippen LogP contribution in [0, 0.1) is 5.82 Å². The number of hydrogen-bond acceptors (Lipinski definition) is 3.